The van der Waals surface area contributed by atoms with E-state index in [1.54, 1.807) is 24.3 Å². The number of aromatic nitrogens is 2. The van der Waals surface area contributed by atoms with Crippen LogP contribution in [0.3, 0.4) is 0 Å². The highest BCUT2D eigenvalue weighted by Crippen LogP contribution is 2.25. The number of carbonyl (C=O) groups is 2. The van der Waals surface area contributed by atoms with Crippen LogP contribution in [0.1, 0.15) is 45.1 Å². The lowest BCUT2D eigenvalue weighted by Crippen LogP contribution is -2.26. The van der Waals surface area contributed by atoms with E-state index in [1.807, 2.05) is 45.0 Å². The molecular weight excluding hydrogens is 374 g/mol. The predicted octanol–water partition coefficient (Wildman–Crippen LogP) is 4.25. The molecule has 3 rings (SSSR count). The first kappa shape index (κ1) is 19.7. The first-order chi connectivity index (χ1) is 13.5. The fourth-order valence-electron chi connectivity index (χ4n) is 2.73. The Labute approximate surface area is 167 Å². The lowest BCUT2D eigenvalue weighted by molar-refractivity contribution is -0.125. The molecule has 0 spiro atoms. The van der Waals surface area contributed by atoms with E-state index < -0.39 is 18.0 Å². The Morgan fingerprint density at radius 1 is 1.14 bits per heavy atom. The number of aryl methyl sites for hydroxylation is 3. The molecule has 0 bridgehead atoms. The third-order valence-electron chi connectivity index (χ3n) is 4.29. The molecule has 28 heavy (non-hydrogen) atoms. The van der Waals surface area contributed by atoms with Crippen molar-refractivity contribution in [2.45, 2.75) is 33.3 Å². The van der Waals surface area contributed by atoms with Gasteiger partial charge in [-0.25, -0.2) is 4.79 Å². The van der Waals surface area contributed by atoms with Gasteiger partial charge in [0.1, 0.15) is 0 Å². The highest BCUT2D eigenvalue weighted by molar-refractivity contribution is 7.07. The summed E-state index contributed by atoms with van der Waals surface area (Å²) in [5.41, 5.74) is 3.80. The molecule has 7 heteroatoms. The molecule has 1 N–H and O–H groups in total. The van der Waals surface area contributed by atoms with Crippen LogP contribution in [0.15, 0.2) is 48.5 Å². The second-order valence-corrected chi connectivity index (χ2v) is 7.16. The lowest BCUT2D eigenvalue weighted by atomic mass is 10.1. The van der Waals surface area contributed by atoms with Gasteiger partial charge in [-0.2, -0.15) is 0 Å². The zero-order chi connectivity index (χ0) is 20.1. The molecule has 144 valence electrons. The van der Waals surface area contributed by atoms with E-state index in [2.05, 4.69) is 14.9 Å². The van der Waals surface area contributed by atoms with E-state index in [1.165, 1.54) is 0 Å². The third-order valence-corrected chi connectivity index (χ3v) is 5.04. The monoisotopic (exact) mass is 395 g/mol. The van der Waals surface area contributed by atoms with Crippen LogP contribution in [0.4, 0.5) is 5.69 Å². The van der Waals surface area contributed by atoms with Gasteiger partial charge in [0.05, 0.1) is 5.69 Å². The molecule has 0 aliphatic carbocycles. The number of rotatable bonds is 6. The molecule has 0 saturated carbocycles. The van der Waals surface area contributed by atoms with Gasteiger partial charge in [-0.1, -0.05) is 53.9 Å². The summed E-state index contributed by atoms with van der Waals surface area (Å²) in [5, 5.41) is 6.82. The molecule has 6 nitrogen and oxygen atoms in total. The Balaban J connectivity index is 1.88. The fourth-order valence-corrected chi connectivity index (χ4v) is 3.36. The number of amides is 1. The van der Waals surface area contributed by atoms with E-state index in [-0.39, 0.29) is 0 Å². The Morgan fingerprint density at radius 3 is 2.61 bits per heavy atom. The summed E-state index contributed by atoms with van der Waals surface area (Å²) >= 11 is 0.972. The first-order valence-electron chi connectivity index (χ1n) is 8.95. The van der Waals surface area contributed by atoms with Gasteiger partial charge in [0.2, 0.25) is 6.10 Å². The van der Waals surface area contributed by atoms with Crippen LogP contribution in [0.25, 0.3) is 0 Å². The summed E-state index contributed by atoms with van der Waals surface area (Å²) in [6.45, 7) is 5.75. The predicted molar refractivity (Wildman–Crippen MR) is 108 cm³/mol. The van der Waals surface area contributed by atoms with Crippen molar-refractivity contribution >= 4 is 29.1 Å². The van der Waals surface area contributed by atoms with Crippen molar-refractivity contribution in [1.82, 2.24) is 9.59 Å². The van der Waals surface area contributed by atoms with Crippen LogP contribution in [-0.2, 0) is 16.0 Å². The molecule has 0 fully saturated rings. The summed E-state index contributed by atoms with van der Waals surface area (Å²) < 4.78 is 9.43. The minimum atomic E-state index is -1.08. The number of hydrogen-bond donors (Lipinski definition) is 1. The van der Waals surface area contributed by atoms with Gasteiger partial charge in [-0.05, 0) is 49.0 Å². The number of anilines is 1. The summed E-state index contributed by atoms with van der Waals surface area (Å²) in [4.78, 5) is 26.0. The number of nitrogens with zero attached hydrogens (tertiary/aromatic N) is 2. The molecule has 0 radical (unpaired) electrons. The maximum Gasteiger partial charge on any atom is 0.353 e. The van der Waals surface area contributed by atoms with Crippen molar-refractivity contribution in [3.8, 4) is 0 Å². The third kappa shape index (κ3) is 4.43. The number of nitrogens with one attached hydrogen (secondary N) is 1. The van der Waals surface area contributed by atoms with Gasteiger partial charge in [0, 0.05) is 11.3 Å². The van der Waals surface area contributed by atoms with Crippen LogP contribution in [0, 0.1) is 13.8 Å². The van der Waals surface area contributed by atoms with E-state index >= 15 is 0 Å². The summed E-state index contributed by atoms with van der Waals surface area (Å²) in [5.74, 6) is -1.01. The zero-order valence-corrected chi connectivity index (χ0v) is 16.7. The standard InChI is InChI=1S/C21H21N3O3S/c1-4-16-19(28-24-23-16)21(26)27-18(15-8-6-5-7-9-15)20(25)22-17-12-13(2)10-11-14(17)3/h5-12,18H,4H2,1-3H3,(H,22,25)/t18-/m1/s1. The van der Waals surface area contributed by atoms with Crippen molar-refractivity contribution in [3.63, 3.8) is 0 Å². The van der Waals surface area contributed by atoms with E-state index in [0.29, 0.717) is 28.2 Å². The largest absolute Gasteiger partial charge is 0.443 e. The van der Waals surface area contributed by atoms with Gasteiger partial charge < -0.3 is 10.1 Å². The SMILES string of the molecule is CCc1nnsc1C(=O)O[C@@H](C(=O)Nc1cc(C)ccc1C)c1ccccc1. The van der Waals surface area contributed by atoms with Crippen LogP contribution in [0.5, 0.6) is 0 Å². The van der Waals surface area contributed by atoms with Crippen molar-refractivity contribution < 1.29 is 14.3 Å². The quantitative estimate of drug-likeness (QED) is 0.631. The lowest BCUT2D eigenvalue weighted by Gasteiger charge is -2.19. The molecule has 3 aromatic rings. The maximum absolute atomic E-state index is 13.0. The van der Waals surface area contributed by atoms with Gasteiger partial charge in [-0.3, -0.25) is 4.79 Å². The van der Waals surface area contributed by atoms with E-state index in [0.717, 1.165) is 22.7 Å². The van der Waals surface area contributed by atoms with E-state index in [4.69, 9.17) is 4.74 Å². The number of hydrogen-bond acceptors (Lipinski definition) is 6. The second-order valence-electron chi connectivity index (χ2n) is 6.41. The average molecular weight is 395 g/mol. The molecule has 1 amide bonds. The number of esters is 1. The van der Waals surface area contributed by atoms with Crippen LogP contribution >= 0.6 is 11.5 Å². The number of benzene rings is 2. The maximum atomic E-state index is 13.0. The second kappa shape index (κ2) is 8.75. The Morgan fingerprint density at radius 2 is 1.89 bits per heavy atom. The minimum absolute atomic E-state index is 0.322. The molecule has 1 atom stereocenters. The number of carbonyl (C=O) groups excluding carboxylic acids is 2. The van der Waals surface area contributed by atoms with E-state index in [9.17, 15) is 9.59 Å². The molecule has 0 unspecified atom stereocenters. The molecule has 1 heterocycles. The smallest absolute Gasteiger partial charge is 0.353 e. The average Bonchev–Trinajstić information content (AvgIpc) is 3.18. The van der Waals surface area contributed by atoms with Crippen molar-refractivity contribution in [3.05, 3.63) is 75.8 Å². The summed E-state index contributed by atoms with van der Waals surface area (Å²) in [6, 6.07) is 14.7. The van der Waals surface area contributed by atoms with Crippen molar-refractivity contribution in [2.75, 3.05) is 5.32 Å². The van der Waals surface area contributed by atoms with Crippen molar-refractivity contribution in [2.24, 2.45) is 0 Å². The minimum Gasteiger partial charge on any atom is -0.443 e. The number of ether oxygens (including phenoxy) is 1. The van der Waals surface area contributed by atoms with Gasteiger partial charge >= 0.3 is 5.97 Å². The Kier molecular flexibility index (Phi) is 6.16. The van der Waals surface area contributed by atoms with Gasteiger partial charge in [0.15, 0.2) is 4.88 Å². The Bertz CT molecular complexity index is 986. The normalized spacial score (nSPS) is 11.7. The van der Waals surface area contributed by atoms with Gasteiger partial charge in [-0.15, -0.1) is 5.10 Å². The summed E-state index contributed by atoms with van der Waals surface area (Å²) in [7, 11) is 0. The van der Waals surface area contributed by atoms with Gasteiger partial charge in [0.25, 0.3) is 5.91 Å². The Hall–Kier alpha value is -3.06. The highest BCUT2D eigenvalue weighted by atomic mass is 32.1. The highest BCUT2D eigenvalue weighted by Gasteiger charge is 2.28. The molecular formula is C21H21N3O3S. The molecule has 0 aliphatic heterocycles. The van der Waals surface area contributed by atoms with Crippen molar-refractivity contribution in [1.29, 1.82) is 0 Å². The topological polar surface area (TPSA) is 81.2 Å². The van der Waals surface area contributed by atoms with Crippen LogP contribution in [-0.4, -0.2) is 21.5 Å². The first-order valence-corrected chi connectivity index (χ1v) is 9.72. The fraction of sp³-hybridized carbons (Fsp3) is 0.238. The molecule has 2 aromatic carbocycles. The molecule has 0 aliphatic rings. The van der Waals surface area contributed by atoms with Crippen LogP contribution in [0.2, 0.25) is 0 Å². The zero-order valence-electron chi connectivity index (χ0n) is 15.9. The molecule has 0 saturated heterocycles. The van der Waals surface area contributed by atoms with Crippen LogP contribution < -0.4 is 5.32 Å². The molecule has 1 aromatic heterocycles. The summed E-state index contributed by atoms with van der Waals surface area (Å²) in [6.07, 6.45) is -0.522.